The van der Waals surface area contributed by atoms with Crippen LogP contribution in [0.1, 0.15) is 18.7 Å². The van der Waals surface area contributed by atoms with E-state index in [2.05, 4.69) is 9.36 Å². The Morgan fingerprint density at radius 3 is 2.76 bits per heavy atom. The minimum atomic E-state index is -2.20. The Balaban J connectivity index is 1.91. The van der Waals surface area contributed by atoms with Gasteiger partial charge in [0, 0.05) is 37.6 Å². The summed E-state index contributed by atoms with van der Waals surface area (Å²) in [6.45, 7) is 1.66. The summed E-state index contributed by atoms with van der Waals surface area (Å²) in [6.07, 6.45) is -1.15. The Labute approximate surface area is 103 Å². The van der Waals surface area contributed by atoms with E-state index in [-0.39, 0.29) is 0 Å². The number of piperidine rings is 1. The zero-order chi connectivity index (χ0) is 12.3. The molecular formula is C10H15F2N3OS. The lowest BCUT2D eigenvalue weighted by atomic mass is 9.98. The number of hydrogen-bond acceptors (Lipinski definition) is 5. The number of halogens is 2. The van der Waals surface area contributed by atoms with E-state index in [9.17, 15) is 8.78 Å². The van der Waals surface area contributed by atoms with Crippen LogP contribution in [0.4, 0.5) is 13.9 Å². The Morgan fingerprint density at radius 1 is 1.47 bits per heavy atom. The lowest BCUT2D eigenvalue weighted by Gasteiger charge is -2.30. The minimum absolute atomic E-state index is 0.393. The fourth-order valence-electron chi connectivity index (χ4n) is 1.90. The molecule has 0 bridgehead atoms. The molecule has 0 aliphatic carbocycles. The van der Waals surface area contributed by atoms with Crippen LogP contribution in [0, 0.1) is 5.92 Å². The van der Waals surface area contributed by atoms with Gasteiger partial charge in [-0.15, -0.1) is 0 Å². The van der Waals surface area contributed by atoms with Gasteiger partial charge >= 0.3 is 0 Å². The third-order valence-electron chi connectivity index (χ3n) is 2.90. The highest BCUT2D eigenvalue weighted by atomic mass is 32.1. The molecule has 1 aliphatic rings. The summed E-state index contributed by atoms with van der Waals surface area (Å²) in [5, 5.41) is 0.810. The van der Waals surface area contributed by atoms with Crippen molar-refractivity contribution in [1.29, 1.82) is 0 Å². The Morgan fingerprint density at radius 2 is 2.18 bits per heavy atom. The summed E-state index contributed by atoms with van der Waals surface area (Å²) < 4.78 is 34.1. The molecule has 96 valence electrons. The summed E-state index contributed by atoms with van der Waals surface area (Å²) in [7, 11) is 1.59. The maximum atomic E-state index is 12.5. The number of nitrogens with zero attached hydrogens (tertiary/aromatic N) is 3. The van der Waals surface area contributed by atoms with Gasteiger partial charge in [-0.05, 0) is 12.8 Å². The predicted octanol–water partition coefficient (Wildman–Crippen LogP) is 2.17. The summed E-state index contributed by atoms with van der Waals surface area (Å²) in [5.74, 6) is 0.195. The monoisotopic (exact) mass is 263 g/mol. The molecule has 1 saturated heterocycles. The van der Waals surface area contributed by atoms with E-state index >= 15 is 0 Å². The van der Waals surface area contributed by atoms with Crippen molar-refractivity contribution in [2.24, 2.45) is 5.92 Å². The highest BCUT2D eigenvalue weighted by Crippen LogP contribution is 2.27. The smallest absolute Gasteiger partial charge is 0.241 e. The van der Waals surface area contributed by atoms with Crippen molar-refractivity contribution >= 4 is 16.7 Å². The second-order valence-electron chi connectivity index (χ2n) is 4.09. The average Bonchev–Trinajstić information content (AvgIpc) is 2.78. The molecule has 1 aromatic rings. The summed E-state index contributed by atoms with van der Waals surface area (Å²) in [5.41, 5.74) is 0. The lowest BCUT2D eigenvalue weighted by Crippen LogP contribution is -2.35. The molecule has 4 nitrogen and oxygen atoms in total. The molecule has 0 aromatic carbocycles. The second-order valence-corrected chi connectivity index (χ2v) is 4.82. The maximum Gasteiger partial charge on any atom is 0.241 e. The van der Waals surface area contributed by atoms with Gasteiger partial charge in [0.05, 0.1) is 0 Å². The zero-order valence-corrected chi connectivity index (χ0v) is 10.4. The van der Waals surface area contributed by atoms with E-state index in [1.54, 1.807) is 7.11 Å². The van der Waals surface area contributed by atoms with Crippen molar-refractivity contribution in [1.82, 2.24) is 9.36 Å². The van der Waals surface area contributed by atoms with Crippen LogP contribution in [-0.4, -0.2) is 36.0 Å². The van der Waals surface area contributed by atoms with E-state index in [4.69, 9.17) is 4.74 Å². The van der Waals surface area contributed by atoms with E-state index in [0.717, 1.165) is 5.13 Å². The van der Waals surface area contributed by atoms with Gasteiger partial charge in [-0.2, -0.15) is 4.37 Å². The van der Waals surface area contributed by atoms with Crippen molar-refractivity contribution in [3.05, 3.63) is 5.82 Å². The number of methoxy groups -OCH3 is 1. The second kappa shape index (κ2) is 5.68. The summed E-state index contributed by atoms with van der Waals surface area (Å²) in [6, 6.07) is 0. The molecule has 2 heterocycles. The van der Waals surface area contributed by atoms with Gasteiger partial charge in [-0.3, -0.25) is 0 Å². The number of aromatic nitrogens is 2. The molecule has 2 rings (SSSR count). The first-order valence-corrected chi connectivity index (χ1v) is 6.32. The molecule has 0 unspecified atom stereocenters. The van der Waals surface area contributed by atoms with Crippen LogP contribution in [0.2, 0.25) is 0 Å². The highest BCUT2D eigenvalue weighted by Gasteiger charge is 2.27. The molecule has 1 aromatic heterocycles. The van der Waals surface area contributed by atoms with E-state index in [1.807, 2.05) is 4.90 Å². The van der Waals surface area contributed by atoms with Gasteiger partial charge < -0.3 is 9.64 Å². The molecule has 0 N–H and O–H groups in total. The normalized spacial score (nSPS) is 18.0. The SMILES string of the molecule is COCc1nsc(N2CCC(C(F)F)CC2)n1. The lowest BCUT2D eigenvalue weighted by molar-refractivity contribution is 0.0636. The number of rotatable bonds is 4. The summed E-state index contributed by atoms with van der Waals surface area (Å²) >= 11 is 1.30. The van der Waals surface area contributed by atoms with Crippen LogP contribution in [0.5, 0.6) is 0 Å². The molecule has 1 aliphatic heterocycles. The quantitative estimate of drug-likeness (QED) is 0.834. The third kappa shape index (κ3) is 3.10. The Kier molecular flexibility index (Phi) is 4.22. The number of alkyl halides is 2. The van der Waals surface area contributed by atoms with E-state index in [0.29, 0.717) is 38.4 Å². The first-order valence-electron chi connectivity index (χ1n) is 5.55. The average molecular weight is 263 g/mol. The Hall–Kier alpha value is -0.820. The summed E-state index contributed by atoms with van der Waals surface area (Å²) in [4.78, 5) is 6.34. The van der Waals surface area contributed by atoms with E-state index in [1.165, 1.54) is 11.5 Å². The molecular weight excluding hydrogens is 248 g/mol. The first kappa shape index (κ1) is 12.6. The van der Waals surface area contributed by atoms with Crippen LogP contribution >= 0.6 is 11.5 Å². The third-order valence-corrected chi connectivity index (χ3v) is 3.71. The molecule has 0 spiro atoms. The predicted molar refractivity (Wildman–Crippen MR) is 61.6 cm³/mol. The fraction of sp³-hybridized carbons (Fsp3) is 0.800. The van der Waals surface area contributed by atoms with Crippen molar-refractivity contribution < 1.29 is 13.5 Å². The van der Waals surface area contributed by atoms with Crippen molar-refractivity contribution in [2.45, 2.75) is 25.9 Å². The van der Waals surface area contributed by atoms with Gasteiger partial charge in [-0.25, -0.2) is 13.8 Å². The largest absolute Gasteiger partial charge is 0.377 e. The molecule has 7 heteroatoms. The van der Waals surface area contributed by atoms with Crippen molar-refractivity contribution in [2.75, 3.05) is 25.1 Å². The van der Waals surface area contributed by atoms with Crippen molar-refractivity contribution in [3.8, 4) is 0 Å². The fourth-order valence-corrected chi connectivity index (χ4v) is 2.63. The topological polar surface area (TPSA) is 38.2 Å². The number of anilines is 1. The first-order chi connectivity index (χ1) is 8.20. The van der Waals surface area contributed by atoms with Crippen LogP contribution in [0.25, 0.3) is 0 Å². The highest BCUT2D eigenvalue weighted by molar-refractivity contribution is 7.09. The number of ether oxygens (including phenoxy) is 1. The molecule has 0 amide bonds. The molecule has 1 fully saturated rings. The van der Waals surface area contributed by atoms with E-state index < -0.39 is 12.3 Å². The van der Waals surface area contributed by atoms with Crippen LogP contribution < -0.4 is 4.90 Å². The number of hydrogen-bond donors (Lipinski definition) is 0. The van der Waals surface area contributed by atoms with Crippen LogP contribution in [-0.2, 0) is 11.3 Å². The molecule has 17 heavy (non-hydrogen) atoms. The van der Waals surface area contributed by atoms with Gasteiger partial charge in [0.2, 0.25) is 11.6 Å². The standard InChI is InChI=1S/C10H15F2N3OS/c1-16-6-8-13-10(17-14-8)15-4-2-7(3-5-15)9(11)12/h7,9H,2-6H2,1H3. The Bertz CT molecular complexity index is 353. The van der Waals surface area contributed by atoms with Crippen LogP contribution in [0.3, 0.4) is 0 Å². The molecule has 0 saturated carbocycles. The maximum absolute atomic E-state index is 12.5. The minimum Gasteiger partial charge on any atom is -0.377 e. The van der Waals surface area contributed by atoms with Gasteiger partial charge in [0.15, 0.2) is 5.82 Å². The van der Waals surface area contributed by atoms with Crippen LogP contribution in [0.15, 0.2) is 0 Å². The van der Waals surface area contributed by atoms with Gasteiger partial charge in [0.25, 0.3) is 0 Å². The zero-order valence-electron chi connectivity index (χ0n) is 9.60. The van der Waals surface area contributed by atoms with Crippen molar-refractivity contribution in [3.63, 3.8) is 0 Å². The molecule has 0 atom stereocenters. The van der Waals surface area contributed by atoms with Gasteiger partial charge in [-0.1, -0.05) is 0 Å². The van der Waals surface area contributed by atoms with Gasteiger partial charge in [0.1, 0.15) is 6.61 Å². The molecule has 0 radical (unpaired) electrons.